The Kier molecular flexibility index (Phi) is 48.9. The molecule has 0 aliphatic rings. The van der Waals surface area contributed by atoms with Gasteiger partial charge in [-0.25, -0.2) is 4.79 Å². The first-order chi connectivity index (χ1) is 12.5. The number of aliphatic carboxylic acids is 1. The zero-order chi connectivity index (χ0) is 20.9. The van der Waals surface area contributed by atoms with Gasteiger partial charge in [0, 0.05) is 6.08 Å². The van der Waals surface area contributed by atoms with Gasteiger partial charge in [-0.1, -0.05) is 6.58 Å². The number of carbonyl (C=O) groups is 1. The highest BCUT2D eigenvalue weighted by Crippen LogP contribution is 1.69. The van der Waals surface area contributed by atoms with E-state index in [1.54, 1.807) is 0 Å². The maximum atomic E-state index is 9.25. The SMILES string of the molecule is C=CC(=O)O.OCCOCCO.OCCOCCO.OCCOCCO. The molecule has 0 aliphatic carbocycles. The number of carboxylic acids is 1. The van der Waals surface area contributed by atoms with Gasteiger partial charge >= 0.3 is 5.97 Å². The molecule has 0 aliphatic heterocycles. The van der Waals surface area contributed by atoms with Gasteiger partial charge in [-0.2, -0.15) is 0 Å². The third-order valence-corrected chi connectivity index (χ3v) is 1.59. The van der Waals surface area contributed by atoms with Gasteiger partial charge in [0.1, 0.15) is 0 Å². The van der Waals surface area contributed by atoms with Crippen LogP contribution in [0.5, 0.6) is 0 Å². The molecule has 0 spiro atoms. The van der Waals surface area contributed by atoms with Crippen LogP contribution < -0.4 is 0 Å². The van der Waals surface area contributed by atoms with Crippen molar-refractivity contribution < 1.29 is 54.8 Å². The zero-order valence-corrected chi connectivity index (χ0v) is 15.0. The quantitative estimate of drug-likeness (QED) is 0.127. The maximum Gasteiger partial charge on any atom is 0.327 e. The van der Waals surface area contributed by atoms with E-state index in [1.807, 2.05) is 0 Å². The van der Waals surface area contributed by atoms with Gasteiger partial charge in [0.2, 0.25) is 0 Å². The minimum Gasteiger partial charge on any atom is -0.478 e. The number of carboxylic acid groups (broad SMARTS) is 1. The van der Waals surface area contributed by atoms with E-state index in [2.05, 4.69) is 20.8 Å². The van der Waals surface area contributed by atoms with Crippen molar-refractivity contribution in [1.82, 2.24) is 0 Å². The monoisotopic (exact) mass is 390 g/mol. The van der Waals surface area contributed by atoms with Crippen LogP contribution in [0.2, 0.25) is 0 Å². The molecule has 0 amide bonds. The van der Waals surface area contributed by atoms with Gasteiger partial charge in [-0.3, -0.25) is 0 Å². The number of aliphatic hydroxyl groups excluding tert-OH is 6. The van der Waals surface area contributed by atoms with Crippen LogP contribution in [0.25, 0.3) is 0 Å². The highest BCUT2D eigenvalue weighted by Gasteiger charge is 1.80. The number of hydrogen-bond acceptors (Lipinski definition) is 10. The molecule has 11 nitrogen and oxygen atoms in total. The molecule has 26 heavy (non-hydrogen) atoms. The highest BCUT2D eigenvalue weighted by atomic mass is 16.5. The molecule has 0 aromatic heterocycles. The summed E-state index contributed by atoms with van der Waals surface area (Å²) in [6.07, 6.45) is 0.833. The molecule has 0 fully saturated rings. The maximum absolute atomic E-state index is 9.25. The van der Waals surface area contributed by atoms with Gasteiger partial charge in [0.15, 0.2) is 0 Å². The second-order valence-corrected chi connectivity index (χ2v) is 3.72. The van der Waals surface area contributed by atoms with Crippen LogP contribution in [-0.4, -0.2) is 121 Å². The smallest absolute Gasteiger partial charge is 0.327 e. The number of rotatable bonds is 13. The van der Waals surface area contributed by atoms with E-state index in [-0.39, 0.29) is 39.6 Å². The fourth-order valence-electron chi connectivity index (χ4n) is 0.693. The van der Waals surface area contributed by atoms with E-state index < -0.39 is 5.97 Å². The lowest BCUT2D eigenvalue weighted by atomic mass is 10.7. The Labute approximate surface area is 153 Å². The van der Waals surface area contributed by atoms with E-state index >= 15 is 0 Å². The number of hydrogen-bond donors (Lipinski definition) is 7. The summed E-state index contributed by atoms with van der Waals surface area (Å²) in [4.78, 5) is 9.25. The molecule has 0 heterocycles. The van der Waals surface area contributed by atoms with Crippen molar-refractivity contribution in [3.05, 3.63) is 12.7 Å². The van der Waals surface area contributed by atoms with Crippen LogP contribution in [0.3, 0.4) is 0 Å². The van der Waals surface area contributed by atoms with Crippen LogP contribution in [-0.2, 0) is 19.0 Å². The molecular formula is C15H34O11. The van der Waals surface area contributed by atoms with Crippen molar-refractivity contribution in [3.8, 4) is 0 Å². The summed E-state index contributed by atoms with van der Waals surface area (Å²) >= 11 is 0. The summed E-state index contributed by atoms with van der Waals surface area (Å²) < 4.78 is 13.9. The first-order valence-electron chi connectivity index (χ1n) is 7.75. The van der Waals surface area contributed by atoms with Crippen molar-refractivity contribution >= 4 is 5.97 Å². The minimum atomic E-state index is -0.981. The lowest BCUT2D eigenvalue weighted by Gasteiger charge is -1.94. The van der Waals surface area contributed by atoms with Crippen molar-refractivity contribution in [2.24, 2.45) is 0 Å². The molecular weight excluding hydrogens is 356 g/mol. The summed E-state index contributed by atoms with van der Waals surface area (Å²) in [5.74, 6) is -0.981. The Bertz CT molecular complexity index is 204. The van der Waals surface area contributed by atoms with Crippen molar-refractivity contribution in [3.63, 3.8) is 0 Å². The molecule has 0 rings (SSSR count). The predicted molar refractivity (Wildman–Crippen MR) is 92.8 cm³/mol. The summed E-state index contributed by atoms with van der Waals surface area (Å²) in [6.45, 7) is 5.05. The Hall–Kier alpha value is -1.15. The first-order valence-corrected chi connectivity index (χ1v) is 7.75. The summed E-state index contributed by atoms with van der Waals surface area (Å²) in [7, 11) is 0. The largest absolute Gasteiger partial charge is 0.478 e. The Morgan fingerprint density at radius 1 is 0.615 bits per heavy atom. The molecule has 0 aromatic rings. The van der Waals surface area contributed by atoms with Gasteiger partial charge in [-0.15, -0.1) is 0 Å². The Morgan fingerprint density at radius 3 is 0.846 bits per heavy atom. The molecule has 0 saturated carbocycles. The lowest BCUT2D eigenvalue weighted by Crippen LogP contribution is -2.03. The molecule has 0 aromatic carbocycles. The van der Waals surface area contributed by atoms with Crippen LogP contribution >= 0.6 is 0 Å². The third-order valence-electron chi connectivity index (χ3n) is 1.59. The Morgan fingerprint density at radius 2 is 0.769 bits per heavy atom. The summed E-state index contributed by atoms with van der Waals surface area (Å²) in [5.41, 5.74) is 0. The topological polar surface area (TPSA) is 186 Å². The third kappa shape index (κ3) is 66.1. The highest BCUT2D eigenvalue weighted by molar-refractivity contribution is 5.78. The second kappa shape index (κ2) is 39.1. The van der Waals surface area contributed by atoms with Crippen LogP contribution in [0.15, 0.2) is 12.7 Å². The van der Waals surface area contributed by atoms with Crippen molar-refractivity contribution in [2.45, 2.75) is 0 Å². The fraction of sp³-hybridized carbons (Fsp3) is 0.800. The standard InChI is InChI=1S/3C4H10O3.C3H4O2/c3*5-1-3-7-4-2-6;1-2-3(4)5/h3*5-6H,1-4H2;2H,1H2,(H,4,5). The van der Waals surface area contributed by atoms with Gasteiger partial charge in [-0.05, 0) is 0 Å². The molecule has 0 radical (unpaired) electrons. The molecule has 0 saturated heterocycles. The summed E-state index contributed by atoms with van der Waals surface area (Å²) in [6, 6.07) is 0. The molecule has 7 N–H and O–H groups in total. The molecule has 0 bridgehead atoms. The zero-order valence-electron chi connectivity index (χ0n) is 15.0. The van der Waals surface area contributed by atoms with Gasteiger partial charge < -0.3 is 50.0 Å². The molecule has 160 valence electrons. The van der Waals surface area contributed by atoms with E-state index in [1.165, 1.54) is 0 Å². The minimum absolute atomic E-state index is 0.0278. The van der Waals surface area contributed by atoms with Crippen molar-refractivity contribution in [2.75, 3.05) is 79.3 Å². The van der Waals surface area contributed by atoms with E-state index in [4.69, 9.17) is 35.7 Å². The van der Waals surface area contributed by atoms with Crippen molar-refractivity contribution in [1.29, 1.82) is 0 Å². The average Bonchev–Trinajstić information content (AvgIpc) is 2.65. The molecule has 0 unspecified atom stereocenters. The molecule has 0 atom stereocenters. The van der Waals surface area contributed by atoms with E-state index in [0.717, 1.165) is 6.08 Å². The van der Waals surface area contributed by atoms with Crippen LogP contribution in [0, 0.1) is 0 Å². The van der Waals surface area contributed by atoms with E-state index in [9.17, 15) is 4.79 Å². The average molecular weight is 390 g/mol. The predicted octanol–water partition coefficient (Wildman–Crippen LogP) is -2.78. The summed E-state index contributed by atoms with van der Waals surface area (Å²) in [5, 5.41) is 56.1. The van der Waals surface area contributed by atoms with Gasteiger partial charge in [0.05, 0.1) is 79.3 Å². The molecule has 11 heteroatoms. The number of ether oxygens (including phenoxy) is 3. The fourth-order valence-corrected chi connectivity index (χ4v) is 0.693. The van der Waals surface area contributed by atoms with Gasteiger partial charge in [0.25, 0.3) is 0 Å². The Balaban J connectivity index is -0.000000125. The first kappa shape index (κ1) is 32.5. The van der Waals surface area contributed by atoms with Crippen LogP contribution in [0.1, 0.15) is 0 Å². The normalized spacial score (nSPS) is 8.85. The number of aliphatic hydroxyl groups is 6. The lowest BCUT2D eigenvalue weighted by molar-refractivity contribution is -0.131. The van der Waals surface area contributed by atoms with Crippen LogP contribution in [0.4, 0.5) is 0 Å². The second-order valence-electron chi connectivity index (χ2n) is 3.72. The van der Waals surface area contributed by atoms with E-state index in [0.29, 0.717) is 39.6 Å².